The average molecular weight is 328 g/mol. The first-order chi connectivity index (χ1) is 11.0. The molecule has 0 bridgehead atoms. The van der Waals surface area contributed by atoms with E-state index in [0.717, 1.165) is 28.8 Å². The Labute approximate surface area is 138 Å². The first-order valence-electron chi connectivity index (χ1n) is 7.15. The molecule has 2 amide bonds. The third-order valence-corrected chi connectivity index (χ3v) is 4.27. The zero-order valence-electron chi connectivity index (χ0n) is 12.8. The van der Waals surface area contributed by atoms with Crippen LogP contribution in [0.4, 0.5) is 10.5 Å². The molecule has 1 aromatic heterocycles. The Hall–Kier alpha value is -2.47. The number of amides is 2. The van der Waals surface area contributed by atoms with E-state index in [9.17, 15) is 9.59 Å². The molecular formula is C17H16N2O3S. The van der Waals surface area contributed by atoms with Crippen molar-refractivity contribution in [2.45, 2.75) is 13.8 Å². The summed E-state index contributed by atoms with van der Waals surface area (Å²) in [4.78, 5) is 25.9. The molecule has 5 nitrogen and oxygen atoms in total. The predicted molar refractivity (Wildman–Crippen MR) is 90.9 cm³/mol. The first kappa shape index (κ1) is 15.4. The van der Waals surface area contributed by atoms with E-state index in [4.69, 9.17) is 4.42 Å². The summed E-state index contributed by atoms with van der Waals surface area (Å²) in [5, 5.41) is 2.81. The van der Waals surface area contributed by atoms with Gasteiger partial charge >= 0.3 is 0 Å². The lowest BCUT2D eigenvalue weighted by Gasteiger charge is -2.14. The van der Waals surface area contributed by atoms with Gasteiger partial charge in [0, 0.05) is 11.8 Å². The first-order valence-corrected chi connectivity index (χ1v) is 7.97. The molecule has 2 aromatic rings. The maximum Gasteiger partial charge on any atom is 0.295 e. The number of thioether (sulfide) groups is 1. The molecule has 0 saturated carbocycles. The van der Waals surface area contributed by atoms with E-state index in [1.54, 1.807) is 12.1 Å². The number of imide groups is 1. The van der Waals surface area contributed by atoms with Gasteiger partial charge in [0.05, 0.1) is 11.6 Å². The van der Waals surface area contributed by atoms with Crippen LogP contribution < -0.4 is 5.32 Å². The maximum absolute atomic E-state index is 12.3. The minimum atomic E-state index is -0.311. The summed E-state index contributed by atoms with van der Waals surface area (Å²) in [5.74, 6) is 1.02. The highest BCUT2D eigenvalue weighted by atomic mass is 32.2. The molecule has 1 aromatic carbocycles. The van der Waals surface area contributed by atoms with E-state index in [1.807, 2.05) is 44.2 Å². The SMILES string of the molecule is Cc1cccc(NCN2C(=O)SC(=Cc3ccc(C)o3)C2=O)c1. The molecule has 1 N–H and O–H groups in total. The Balaban J connectivity index is 1.70. The van der Waals surface area contributed by atoms with E-state index in [2.05, 4.69) is 5.32 Å². The van der Waals surface area contributed by atoms with Crippen LogP contribution in [0.2, 0.25) is 0 Å². The van der Waals surface area contributed by atoms with Gasteiger partial charge in [-0.2, -0.15) is 0 Å². The van der Waals surface area contributed by atoms with Crippen molar-refractivity contribution in [1.29, 1.82) is 0 Å². The number of hydrogen-bond acceptors (Lipinski definition) is 5. The number of aryl methyl sites for hydroxylation is 2. The summed E-state index contributed by atoms with van der Waals surface area (Å²) < 4.78 is 5.42. The number of furan rings is 1. The van der Waals surface area contributed by atoms with Crippen LogP contribution in [0.15, 0.2) is 45.7 Å². The number of nitrogens with zero attached hydrogens (tertiary/aromatic N) is 1. The van der Waals surface area contributed by atoms with E-state index in [-0.39, 0.29) is 17.8 Å². The minimum absolute atomic E-state index is 0.142. The van der Waals surface area contributed by atoms with Gasteiger partial charge in [0.1, 0.15) is 11.5 Å². The van der Waals surface area contributed by atoms with Gasteiger partial charge in [0.15, 0.2) is 0 Å². The Bertz CT molecular complexity index is 795. The second-order valence-corrected chi connectivity index (χ2v) is 6.26. The highest BCUT2D eigenvalue weighted by Gasteiger charge is 2.35. The van der Waals surface area contributed by atoms with Crippen molar-refractivity contribution >= 4 is 34.7 Å². The van der Waals surface area contributed by atoms with Gasteiger partial charge in [-0.15, -0.1) is 0 Å². The van der Waals surface area contributed by atoms with Crippen LogP contribution in [-0.4, -0.2) is 22.7 Å². The van der Waals surface area contributed by atoms with Gasteiger partial charge in [0.25, 0.3) is 11.1 Å². The number of hydrogen-bond donors (Lipinski definition) is 1. The van der Waals surface area contributed by atoms with Crippen molar-refractivity contribution in [3.05, 3.63) is 58.4 Å². The van der Waals surface area contributed by atoms with E-state index >= 15 is 0 Å². The van der Waals surface area contributed by atoms with Crippen LogP contribution in [0.5, 0.6) is 0 Å². The second kappa shape index (κ2) is 6.34. The van der Waals surface area contributed by atoms with Crippen LogP contribution in [0.25, 0.3) is 6.08 Å². The number of carbonyl (C=O) groups excluding carboxylic acids is 2. The van der Waals surface area contributed by atoms with Crippen molar-refractivity contribution in [2.24, 2.45) is 0 Å². The number of rotatable bonds is 4. The third-order valence-electron chi connectivity index (χ3n) is 3.37. The van der Waals surface area contributed by atoms with Crippen molar-refractivity contribution in [2.75, 3.05) is 12.0 Å². The molecule has 1 aliphatic rings. The topological polar surface area (TPSA) is 62.6 Å². The van der Waals surface area contributed by atoms with Gasteiger partial charge in [-0.3, -0.25) is 14.5 Å². The third kappa shape index (κ3) is 3.48. The molecule has 0 unspecified atom stereocenters. The zero-order chi connectivity index (χ0) is 16.4. The van der Waals surface area contributed by atoms with Gasteiger partial charge in [-0.1, -0.05) is 12.1 Å². The molecule has 1 saturated heterocycles. The number of anilines is 1. The maximum atomic E-state index is 12.3. The predicted octanol–water partition coefficient (Wildman–Crippen LogP) is 4.00. The molecule has 0 atom stereocenters. The van der Waals surface area contributed by atoms with E-state index in [1.165, 1.54) is 4.90 Å². The smallest absolute Gasteiger partial charge is 0.295 e. The zero-order valence-corrected chi connectivity index (χ0v) is 13.6. The summed E-state index contributed by atoms with van der Waals surface area (Å²) in [7, 11) is 0. The van der Waals surface area contributed by atoms with Crippen LogP contribution in [0, 0.1) is 13.8 Å². The molecule has 118 valence electrons. The lowest BCUT2D eigenvalue weighted by molar-refractivity contribution is -0.122. The summed E-state index contributed by atoms with van der Waals surface area (Å²) in [6, 6.07) is 11.3. The fourth-order valence-electron chi connectivity index (χ4n) is 2.22. The molecule has 0 spiro atoms. The standard InChI is InChI=1S/C17H16N2O3S/c1-11-4-3-5-13(8-11)18-10-19-16(20)15(23-17(19)21)9-14-7-6-12(2)22-14/h3-9,18H,10H2,1-2H3. The van der Waals surface area contributed by atoms with Crippen LogP contribution in [0.3, 0.4) is 0 Å². The Morgan fingerprint density at radius 1 is 1.22 bits per heavy atom. The van der Waals surface area contributed by atoms with Crippen molar-refractivity contribution < 1.29 is 14.0 Å². The second-order valence-electron chi connectivity index (χ2n) is 5.26. The fraction of sp³-hybridized carbons (Fsp3) is 0.176. The molecule has 23 heavy (non-hydrogen) atoms. The van der Waals surface area contributed by atoms with Crippen molar-refractivity contribution in [3.8, 4) is 0 Å². The number of nitrogens with one attached hydrogen (secondary N) is 1. The highest BCUT2D eigenvalue weighted by Crippen LogP contribution is 2.32. The fourth-order valence-corrected chi connectivity index (χ4v) is 3.04. The molecule has 1 fully saturated rings. The summed E-state index contributed by atoms with van der Waals surface area (Å²) in [5.41, 5.74) is 1.98. The lowest BCUT2D eigenvalue weighted by Crippen LogP contribution is -2.33. The van der Waals surface area contributed by atoms with Crippen LogP contribution in [-0.2, 0) is 4.79 Å². The van der Waals surface area contributed by atoms with Gasteiger partial charge in [-0.25, -0.2) is 0 Å². The largest absolute Gasteiger partial charge is 0.462 e. The Kier molecular flexibility index (Phi) is 4.25. The van der Waals surface area contributed by atoms with E-state index < -0.39 is 0 Å². The number of carbonyl (C=O) groups is 2. The highest BCUT2D eigenvalue weighted by molar-refractivity contribution is 8.18. The Morgan fingerprint density at radius 2 is 2.04 bits per heavy atom. The number of benzene rings is 1. The average Bonchev–Trinajstić information content (AvgIpc) is 3.02. The molecule has 2 heterocycles. The lowest BCUT2D eigenvalue weighted by atomic mass is 10.2. The van der Waals surface area contributed by atoms with Gasteiger partial charge in [-0.05, 0) is 55.4 Å². The Morgan fingerprint density at radius 3 is 2.74 bits per heavy atom. The molecule has 6 heteroatoms. The summed E-state index contributed by atoms with van der Waals surface area (Å²) in [6.45, 7) is 3.96. The van der Waals surface area contributed by atoms with Gasteiger partial charge in [0.2, 0.25) is 0 Å². The molecular weight excluding hydrogens is 312 g/mol. The van der Waals surface area contributed by atoms with E-state index in [0.29, 0.717) is 10.7 Å². The molecule has 0 aliphatic carbocycles. The summed E-state index contributed by atoms with van der Waals surface area (Å²) in [6.07, 6.45) is 1.60. The summed E-state index contributed by atoms with van der Waals surface area (Å²) >= 11 is 0.923. The van der Waals surface area contributed by atoms with Crippen LogP contribution in [0.1, 0.15) is 17.1 Å². The van der Waals surface area contributed by atoms with Crippen molar-refractivity contribution in [1.82, 2.24) is 4.90 Å². The molecule has 1 aliphatic heterocycles. The normalized spacial score (nSPS) is 16.4. The molecule has 0 radical (unpaired) electrons. The van der Waals surface area contributed by atoms with Gasteiger partial charge < -0.3 is 9.73 Å². The minimum Gasteiger partial charge on any atom is -0.462 e. The monoisotopic (exact) mass is 328 g/mol. The molecule has 3 rings (SSSR count). The van der Waals surface area contributed by atoms with Crippen LogP contribution >= 0.6 is 11.8 Å². The quantitative estimate of drug-likeness (QED) is 0.860. The van der Waals surface area contributed by atoms with Crippen molar-refractivity contribution in [3.63, 3.8) is 0 Å².